The summed E-state index contributed by atoms with van der Waals surface area (Å²) in [7, 11) is 3.24. The first kappa shape index (κ1) is 21.9. The average molecular weight is 471 g/mol. The molecule has 0 aliphatic carbocycles. The third-order valence-corrected chi connectivity index (χ3v) is 3.49. The molecule has 2 aromatic rings. The molecule has 142 valence electrons. The molecule has 0 aliphatic heterocycles. The van der Waals surface area contributed by atoms with Crippen LogP contribution in [0, 0.1) is 0 Å². The second kappa shape index (κ2) is 11.5. The number of nitrogens with zero attached hydrogens (tertiary/aromatic N) is 1. The smallest absolute Gasteiger partial charge is 0.193 e. The van der Waals surface area contributed by atoms with Crippen LogP contribution in [0.25, 0.3) is 0 Å². The van der Waals surface area contributed by atoms with Gasteiger partial charge in [0.1, 0.15) is 5.75 Å². The average Bonchev–Trinajstić information content (AvgIpc) is 2.65. The Bertz CT molecular complexity index is 723. The third-order valence-electron chi connectivity index (χ3n) is 3.49. The van der Waals surface area contributed by atoms with Gasteiger partial charge in [-0.2, -0.15) is 0 Å². The number of hydrogen-bond acceptors (Lipinski definition) is 4. The van der Waals surface area contributed by atoms with Crippen molar-refractivity contribution in [2.24, 2.45) is 10.7 Å². The topological polar surface area (TPSA) is 78.1 Å². The summed E-state index contributed by atoms with van der Waals surface area (Å²) in [5.41, 5.74) is 7.72. The highest BCUT2D eigenvalue weighted by molar-refractivity contribution is 14.0. The molecule has 7 heteroatoms. The Kier molecular flexibility index (Phi) is 9.64. The quantitative estimate of drug-likeness (QED) is 0.345. The van der Waals surface area contributed by atoms with Crippen molar-refractivity contribution in [2.45, 2.75) is 19.9 Å². The molecule has 2 rings (SSSR count). The molecule has 26 heavy (non-hydrogen) atoms. The van der Waals surface area contributed by atoms with E-state index >= 15 is 0 Å². The maximum absolute atomic E-state index is 5.97. The largest absolute Gasteiger partial charge is 0.495 e. The number of benzene rings is 2. The molecule has 0 heterocycles. The number of rotatable bonds is 8. The first-order chi connectivity index (χ1) is 12.2. The van der Waals surface area contributed by atoms with Gasteiger partial charge in [-0.25, -0.2) is 4.99 Å². The molecule has 6 nitrogen and oxygen atoms in total. The van der Waals surface area contributed by atoms with E-state index < -0.39 is 0 Å². The molecule has 3 N–H and O–H groups in total. The zero-order valence-electron chi connectivity index (χ0n) is 15.3. The molecule has 0 atom stereocenters. The first-order valence-electron chi connectivity index (χ1n) is 8.17. The first-order valence-corrected chi connectivity index (χ1v) is 8.17. The van der Waals surface area contributed by atoms with Crippen molar-refractivity contribution in [3.05, 3.63) is 48.0 Å². The molecule has 0 aliphatic rings. The molecular weight excluding hydrogens is 445 g/mol. The van der Waals surface area contributed by atoms with Gasteiger partial charge in [0.05, 0.1) is 33.1 Å². The SMILES string of the molecule is CCCOc1ccc(CN=C(N)Nc2ccccc2OC)cc1OC.I. The minimum absolute atomic E-state index is 0. The molecule has 2 aromatic carbocycles. The van der Waals surface area contributed by atoms with Gasteiger partial charge in [0.25, 0.3) is 0 Å². The number of ether oxygens (including phenoxy) is 3. The summed E-state index contributed by atoms with van der Waals surface area (Å²) in [6.07, 6.45) is 0.945. The van der Waals surface area contributed by atoms with Gasteiger partial charge in [-0.1, -0.05) is 25.1 Å². The van der Waals surface area contributed by atoms with E-state index in [0.29, 0.717) is 30.6 Å². The lowest BCUT2D eigenvalue weighted by molar-refractivity contribution is 0.294. The van der Waals surface area contributed by atoms with Gasteiger partial charge in [-0.05, 0) is 36.2 Å². The van der Waals surface area contributed by atoms with E-state index in [-0.39, 0.29) is 24.0 Å². The van der Waals surface area contributed by atoms with Crippen molar-refractivity contribution < 1.29 is 14.2 Å². The molecule has 0 saturated carbocycles. The Balaban J connectivity index is 0.00000338. The lowest BCUT2D eigenvalue weighted by Gasteiger charge is -2.12. The number of hydrogen-bond donors (Lipinski definition) is 2. The van der Waals surface area contributed by atoms with Crippen LogP contribution >= 0.6 is 24.0 Å². The van der Waals surface area contributed by atoms with Crippen LogP contribution in [0.1, 0.15) is 18.9 Å². The third kappa shape index (κ3) is 6.29. The number of guanidine groups is 1. The van der Waals surface area contributed by atoms with E-state index in [4.69, 9.17) is 19.9 Å². The van der Waals surface area contributed by atoms with Gasteiger partial charge < -0.3 is 25.3 Å². The predicted octanol–water partition coefficient (Wildman–Crippen LogP) is 4.04. The number of anilines is 1. The highest BCUT2D eigenvalue weighted by Gasteiger charge is 2.06. The Morgan fingerprint density at radius 1 is 1.04 bits per heavy atom. The monoisotopic (exact) mass is 471 g/mol. The summed E-state index contributed by atoms with van der Waals surface area (Å²) >= 11 is 0. The number of nitrogens with one attached hydrogen (secondary N) is 1. The van der Waals surface area contributed by atoms with Crippen molar-refractivity contribution in [1.82, 2.24) is 0 Å². The standard InChI is InChI=1S/C19H25N3O3.HI/c1-4-11-25-17-10-9-14(12-18(17)24-3)13-21-19(20)22-15-7-5-6-8-16(15)23-2;/h5-10,12H,4,11,13H2,1-3H3,(H3,20,21,22);1H. The summed E-state index contributed by atoms with van der Waals surface area (Å²) in [6, 6.07) is 13.3. The Labute approximate surface area is 171 Å². The molecule has 0 bridgehead atoms. The summed E-state index contributed by atoms with van der Waals surface area (Å²) in [6.45, 7) is 3.15. The summed E-state index contributed by atoms with van der Waals surface area (Å²) in [5, 5.41) is 3.05. The van der Waals surface area contributed by atoms with Crippen molar-refractivity contribution in [2.75, 3.05) is 26.1 Å². The second-order valence-corrected chi connectivity index (χ2v) is 5.36. The number of halogens is 1. The van der Waals surface area contributed by atoms with Crippen molar-refractivity contribution in [3.8, 4) is 17.2 Å². The fourth-order valence-corrected chi connectivity index (χ4v) is 2.24. The van der Waals surface area contributed by atoms with Gasteiger partial charge in [0, 0.05) is 0 Å². The van der Waals surface area contributed by atoms with Crippen LogP contribution in [0.3, 0.4) is 0 Å². The Morgan fingerprint density at radius 3 is 2.46 bits per heavy atom. The van der Waals surface area contributed by atoms with Crippen LogP contribution in [0.15, 0.2) is 47.5 Å². The van der Waals surface area contributed by atoms with Crippen LogP contribution in [-0.4, -0.2) is 26.8 Å². The lowest BCUT2D eigenvalue weighted by Crippen LogP contribution is -2.22. The zero-order valence-corrected chi connectivity index (χ0v) is 17.7. The maximum Gasteiger partial charge on any atom is 0.193 e. The molecule has 0 amide bonds. The van der Waals surface area contributed by atoms with Crippen LogP contribution in [-0.2, 0) is 6.54 Å². The second-order valence-electron chi connectivity index (χ2n) is 5.36. The van der Waals surface area contributed by atoms with Gasteiger partial charge in [0.2, 0.25) is 0 Å². The van der Waals surface area contributed by atoms with Crippen molar-refractivity contribution in [1.29, 1.82) is 0 Å². The fourth-order valence-electron chi connectivity index (χ4n) is 2.24. The number of aliphatic imine (C=N–C) groups is 1. The molecular formula is C19H26IN3O3. The van der Waals surface area contributed by atoms with Crippen molar-refractivity contribution in [3.63, 3.8) is 0 Å². The van der Waals surface area contributed by atoms with E-state index in [1.807, 2.05) is 42.5 Å². The zero-order chi connectivity index (χ0) is 18.1. The Morgan fingerprint density at radius 2 is 1.77 bits per heavy atom. The number of para-hydroxylation sites is 2. The molecule has 0 unspecified atom stereocenters. The van der Waals surface area contributed by atoms with Gasteiger partial charge in [-0.3, -0.25) is 0 Å². The van der Waals surface area contributed by atoms with Crippen molar-refractivity contribution >= 4 is 35.6 Å². The van der Waals surface area contributed by atoms with E-state index in [0.717, 1.165) is 23.4 Å². The molecule has 0 spiro atoms. The van der Waals surface area contributed by atoms with E-state index in [9.17, 15) is 0 Å². The highest BCUT2D eigenvalue weighted by Crippen LogP contribution is 2.28. The van der Waals surface area contributed by atoms with E-state index in [1.54, 1.807) is 14.2 Å². The van der Waals surface area contributed by atoms with Crippen LogP contribution in [0.2, 0.25) is 0 Å². The van der Waals surface area contributed by atoms with Gasteiger partial charge in [-0.15, -0.1) is 24.0 Å². The molecule has 0 fully saturated rings. The maximum atomic E-state index is 5.97. The van der Waals surface area contributed by atoms with Crippen LogP contribution in [0.4, 0.5) is 5.69 Å². The number of nitrogens with two attached hydrogens (primary N) is 1. The Hall–Kier alpha value is -2.16. The minimum Gasteiger partial charge on any atom is -0.495 e. The molecule has 0 radical (unpaired) electrons. The van der Waals surface area contributed by atoms with E-state index in [1.165, 1.54) is 0 Å². The van der Waals surface area contributed by atoms with Crippen LogP contribution in [0.5, 0.6) is 17.2 Å². The van der Waals surface area contributed by atoms with Crippen LogP contribution < -0.4 is 25.3 Å². The van der Waals surface area contributed by atoms with E-state index in [2.05, 4.69) is 17.2 Å². The predicted molar refractivity (Wildman–Crippen MR) is 116 cm³/mol. The number of methoxy groups -OCH3 is 2. The fraction of sp³-hybridized carbons (Fsp3) is 0.316. The van der Waals surface area contributed by atoms with Gasteiger partial charge >= 0.3 is 0 Å². The lowest BCUT2D eigenvalue weighted by atomic mass is 10.2. The summed E-state index contributed by atoms with van der Waals surface area (Å²) < 4.78 is 16.3. The summed E-state index contributed by atoms with van der Waals surface area (Å²) in [4.78, 5) is 4.36. The molecule has 0 aromatic heterocycles. The minimum atomic E-state index is 0. The summed E-state index contributed by atoms with van der Waals surface area (Å²) in [5.74, 6) is 2.45. The normalized spacial score (nSPS) is 10.7. The van der Waals surface area contributed by atoms with Gasteiger partial charge in [0.15, 0.2) is 17.5 Å². The highest BCUT2D eigenvalue weighted by atomic mass is 127. The molecule has 0 saturated heterocycles.